The second-order valence-corrected chi connectivity index (χ2v) is 6.62. The molecule has 0 aromatic carbocycles. The highest BCUT2D eigenvalue weighted by Crippen LogP contribution is 2.17. The molecule has 2 heterocycles. The first-order chi connectivity index (χ1) is 12.3. The molecule has 8 heteroatoms. The first-order valence-corrected chi connectivity index (χ1v) is 9.25. The van der Waals surface area contributed by atoms with Crippen LogP contribution in [0.3, 0.4) is 0 Å². The molecule has 8 nitrogen and oxygen atoms in total. The third kappa shape index (κ3) is 6.13. The van der Waals surface area contributed by atoms with Crippen LogP contribution >= 0.6 is 0 Å². The van der Waals surface area contributed by atoms with Gasteiger partial charge in [-0.2, -0.15) is 0 Å². The number of anilines is 2. The van der Waals surface area contributed by atoms with Gasteiger partial charge in [-0.05, 0) is 25.0 Å². The molecule has 2 fully saturated rings. The average Bonchev–Trinajstić information content (AvgIpc) is 2.65. The molecule has 0 bridgehead atoms. The fraction of sp³-hybridized carbons (Fsp3) is 0.706. The molecule has 138 valence electrons. The Morgan fingerprint density at radius 3 is 2.56 bits per heavy atom. The molecule has 0 spiro atoms. The van der Waals surface area contributed by atoms with E-state index in [0.717, 1.165) is 52.2 Å². The highest BCUT2D eigenvalue weighted by atomic mass is 16.5. The normalized spacial score (nSPS) is 19.4. The fourth-order valence-electron chi connectivity index (χ4n) is 3.24. The second kappa shape index (κ2) is 9.53. The van der Waals surface area contributed by atoms with Crippen molar-refractivity contribution >= 4 is 17.7 Å². The van der Waals surface area contributed by atoms with Gasteiger partial charge in [0.1, 0.15) is 5.82 Å². The van der Waals surface area contributed by atoms with Crippen molar-refractivity contribution in [2.24, 2.45) is 0 Å². The van der Waals surface area contributed by atoms with Gasteiger partial charge in [0.2, 0.25) is 0 Å². The molecule has 1 saturated carbocycles. The van der Waals surface area contributed by atoms with Crippen molar-refractivity contribution in [3.8, 4) is 0 Å². The maximum absolute atomic E-state index is 12.0. The van der Waals surface area contributed by atoms with Crippen LogP contribution in [0, 0.1) is 0 Å². The van der Waals surface area contributed by atoms with Crippen LogP contribution in [0.25, 0.3) is 0 Å². The maximum Gasteiger partial charge on any atom is 0.320 e. The van der Waals surface area contributed by atoms with Gasteiger partial charge >= 0.3 is 6.03 Å². The summed E-state index contributed by atoms with van der Waals surface area (Å²) < 4.78 is 5.33. The van der Waals surface area contributed by atoms with Gasteiger partial charge in [0, 0.05) is 32.2 Å². The summed E-state index contributed by atoms with van der Waals surface area (Å²) in [5, 5.41) is 17.2. The summed E-state index contributed by atoms with van der Waals surface area (Å²) in [5.41, 5.74) is 0. The van der Waals surface area contributed by atoms with Gasteiger partial charge in [0.25, 0.3) is 0 Å². The largest absolute Gasteiger partial charge is 0.379 e. The number of aromatic nitrogens is 2. The van der Waals surface area contributed by atoms with Crippen LogP contribution in [-0.2, 0) is 4.74 Å². The van der Waals surface area contributed by atoms with Gasteiger partial charge in [-0.25, -0.2) is 4.79 Å². The molecule has 3 rings (SSSR count). The lowest BCUT2D eigenvalue weighted by Crippen LogP contribution is -2.39. The van der Waals surface area contributed by atoms with Crippen molar-refractivity contribution in [1.82, 2.24) is 20.4 Å². The smallest absolute Gasteiger partial charge is 0.320 e. The third-order valence-corrected chi connectivity index (χ3v) is 4.68. The van der Waals surface area contributed by atoms with Crippen LogP contribution in [0.4, 0.5) is 16.4 Å². The summed E-state index contributed by atoms with van der Waals surface area (Å²) >= 11 is 0. The lowest BCUT2D eigenvalue weighted by molar-refractivity contribution is 0.0398. The van der Waals surface area contributed by atoms with E-state index in [4.69, 9.17) is 4.74 Å². The van der Waals surface area contributed by atoms with Gasteiger partial charge < -0.3 is 15.4 Å². The van der Waals surface area contributed by atoms with Crippen LogP contribution in [0.5, 0.6) is 0 Å². The summed E-state index contributed by atoms with van der Waals surface area (Å²) in [7, 11) is 0. The molecule has 1 saturated heterocycles. The molecule has 0 unspecified atom stereocenters. The van der Waals surface area contributed by atoms with E-state index in [0.29, 0.717) is 11.6 Å². The van der Waals surface area contributed by atoms with E-state index in [9.17, 15) is 4.79 Å². The summed E-state index contributed by atoms with van der Waals surface area (Å²) in [6, 6.07) is 3.68. The first kappa shape index (κ1) is 17.9. The summed E-state index contributed by atoms with van der Waals surface area (Å²) in [4.78, 5) is 14.3. The van der Waals surface area contributed by atoms with E-state index in [-0.39, 0.29) is 12.1 Å². The summed E-state index contributed by atoms with van der Waals surface area (Å²) in [6.45, 7) is 5.34. The monoisotopic (exact) mass is 348 g/mol. The number of hydrogen-bond donors (Lipinski definition) is 3. The van der Waals surface area contributed by atoms with Gasteiger partial charge in [-0.3, -0.25) is 10.2 Å². The van der Waals surface area contributed by atoms with E-state index in [2.05, 4.69) is 31.0 Å². The SMILES string of the molecule is O=C(Nc1ccc(NCCN2CCOCC2)nn1)NC1CCCCC1. The van der Waals surface area contributed by atoms with E-state index < -0.39 is 0 Å². The number of rotatable bonds is 6. The van der Waals surface area contributed by atoms with Crippen molar-refractivity contribution in [2.75, 3.05) is 50.0 Å². The lowest BCUT2D eigenvalue weighted by Gasteiger charge is -2.26. The Morgan fingerprint density at radius 2 is 1.84 bits per heavy atom. The lowest BCUT2D eigenvalue weighted by atomic mass is 9.96. The molecule has 1 aromatic heterocycles. The average molecular weight is 348 g/mol. The zero-order chi connectivity index (χ0) is 17.3. The summed E-state index contributed by atoms with van der Waals surface area (Å²) in [6.07, 6.45) is 5.77. The van der Waals surface area contributed by atoms with Crippen molar-refractivity contribution in [1.29, 1.82) is 0 Å². The molecule has 25 heavy (non-hydrogen) atoms. The number of hydrogen-bond acceptors (Lipinski definition) is 6. The quantitative estimate of drug-likeness (QED) is 0.724. The van der Waals surface area contributed by atoms with Crippen LogP contribution in [0.1, 0.15) is 32.1 Å². The van der Waals surface area contributed by atoms with E-state index >= 15 is 0 Å². The number of urea groups is 1. The minimum Gasteiger partial charge on any atom is -0.379 e. The molecule has 1 aromatic rings. The number of morpholine rings is 1. The van der Waals surface area contributed by atoms with E-state index in [1.165, 1.54) is 19.3 Å². The first-order valence-electron chi connectivity index (χ1n) is 9.25. The maximum atomic E-state index is 12.0. The minimum absolute atomic E-state index is 0.200. The molecule has 3 N–H and O–H groups in total. The Kier molecular flexibility index (Phi) is 6.81. The van der Waals surface area contributed by atoms with Gasteiger partial charge in [0.15, 0.2) is 5.82 Å². The summed E-state index contributed by atoms with van der Waals surface area (Å²) in [5.74, 6) is 1.18. The Bertz CT molecular complexity index is 526. The Balaban J connectivity index is 1.36. The number of nitrogens with zero attached hydrogens (tertiary/aromatic N) is 3. The highest BCUT2D eigenvalue weighted by molar-refractivity contribution is 5.88. The third-order valence-electron chi connectivity index (χ3n) is 4.68. The van der Waals surface area contributed by atoms with Crippen LogP contribution in [0.2, 0.25) is 0 Å². The van der Waals surface area contributed by atoms with Crippen LogP contribution in [-0.4, -0.2) is 66.6 Å². The number of nitrogens with one attached hydrogen (secondary N) is 3. The van der Waals surface area contributed by atoms with Crippen LogP contribution in [0.15, 0.2) is 12.1 Å². The predicted octanol–water partition coefficient (Wildman–Crippen LogP) is 1.67. The zero-order valence-electron chi connectivity index (χ0n) is 14.7. The van der Waals surface area contributed by atoms with Crippen molar-refractivity contribution in [3.63, 3.8) is 0 Å². The molecule has 0 radical (unpaired) electrons. The molecule has 2 amide bonds. The zero-order valence-corrected chi connectivity index (χ0v) is 14.7. The van der Waals surface area contributed by atoms with E-state index in [1.54, 1.807) is 6.07 Å². The Morgan fingerprint density at radius 1 is 1.12 bits per heavy atom. The number of ether oxygens (including phenoxy) is 1. The molecule has 0 atom stereocenters. The molecular formula is C17H28N6O2. The van der Waals surface area contributed by atoms with Gasteiger partial charge in [-0.1, -0.05) is 19.3 Å². The highest BCUT2D eigenvalue weighted by Gasteiger charge is 2.16. The molecule has 2 aliphatic rings. The second-order valence-electron chi connectivity index (χ2n) is 6.62. The van der Waals surface area contributed by atoms with Gasteiger partial charge in [0.05, 0.1) is 13.2 Å². The van der Waals surface area contributed by atoms with Gasteiger partial charge in [-0.15, -0.1) is 10.2 Å². The van der Waals surface area contributed by atoms with Crippen molar-refractivity contribution in [2.45, 2.75) is 38.1 Å². The standard InChI is InChI=1S/C17H28N6O2/c24-17(19-14-4-2-1-3-5-14)20-16-7-6-15(21-22-16)18-8-9-23-10-12-25-13-11-23/h6-7,14H,1-5,8-13H2,(H,18,21)(H2,19,20,22,24). The number of carbonyl (C=O) groups excluding carboxylic acids is 1. The fourth-order valence-corrected chi connectivity index (χ4v) is 3.24. The van der Waals surface area contributed by atoms with Crippen molar-refractivity contribution < 1.29 is 9.53 Å². The minimum atomic E-state index is -0.200. The topological polar surface area (TPSA) is 91.4 Å². The van der Waals surface area contributed by atoms with Crippen LogP contribution < -0.4 is 16.0 Å². The number of amides is 2. The number of carbonyl (C=O) groups is 1. The Hall–Kier alpha value is -1.93. The predicted molar refractivity (Wildman–Crippen MR) is 96.8 cm³/mol. The molecular weight excluding hydrogens is 320 g/mol. The molecule has 1 aliphatic heterocycles. The molecule has 1 aliphatic carbocycles. The Labute approximate surface area is 148 Å². The van der Waals surface area contributed by atoms with Crippen molar-refractivity contribution in [3.05, 3.63) is 12.1 Å². The van der Waals surface area contributed by atoms with E-state index in [1.807, 2.05) is 6.07 Å².